The van der Waals surface area contributed by atoms with Crippen molar-refractivity contribution >= 4 is 29.1 Å². The van der Waals surface area contributed by atoms with Gasteiger partial charge in [0.1, 0.15) is 5.15 Å². The lowest BCUT2D eigenvalue weighted by Crippen LogP contribution is -1.99. The van der Waals surface area contributed by atoms with E-state index in [-0.39, 0.29) is 0 Å². The van der Waals surface area contributed by atoms with Crippen LogP contribution in [-0.2, 0) is 0 Å². The Morgan fingerprint density at radius 2 is 2.13 bits per heavy atom. The molecule has 0 atom stereocenters. The van der Waals surface area contributed by atoms with Gasteiger partial charge in [-0.1, -0.05) is 37.2 Å². The van der Waals surface area contributed by atoms with Crippen molar-refractivity contribution < 1.29 is 0 Å². The largest absolute Gasteiger partial charge is 0.254 e. The van der Waals surface area contributed by atoms with Gasteiger partial charge in [0, 0.05) is 0 Å². The summed E-state index contributed by atoms with van der Waals surface area (Å²) in [4.78, 5) is 8.65. The topological polar surface area (TPSA) is 43.1 Å². The van der Waals surface area contributed by atoms with E-state index >= 15 is 0 Å². The van der Waals surface area contributed by atoms with E-state index < -0.39 is 0 Å². The van der Waals surface area contributed by atoms with Crippen molar-refractivity contribution in [2.75, 3.05) is 6.26 Å². The molecule has 0 fully saturated rings. The van der Waals surface area contributed by atoms with Crippen LogP contribution in [0.2, 0.25) is 5.15 Å². The van der Waals surface area contributed by atoms with E-state index in [1.54, 1.807) is 4.52 Å². The highest BCUT2D eigenvalue weighted by atomic mass is 35.5. The summed E-state index contributed by atoms with van der Waals surface area (Å²) in [5.41, 5.74) is 0.938. The van der Waals surface area contributed by atoms with Crippen LogP contribution in [0.5, 0.6) is 0 Å². The summed E-state index contributed by atoms with van der Waals surface area (Å²) in [6, 6.07) is 1.83. The molecule has 0 saturated heterocycles. The van der Waals surface area contributed by atoms with Gasteiger partial charge in [0.2, 0.25) is 5.16 Å². The minimum atomic E-state index is 0.335. The summed E-state index contributed by atoms with van der Waals surface area (Å²) in [5.74, 6) is 0.900. The molecule has 2 heterocycles. The Hall–Kier alpha value is -0.810. The minimum Gasteiger partial charge on any atom is -0.216 e. The molecule has 0 unspecified atom stereocenters. The first kappa shape index (κ1) is 10.7. The molecule has 0 aromatic carbocycles. The van der Waals surface area contributed by atoms with E-state index in [4.69, 9.17) is 11.6 Å². The molecular formula is C9H11ClN4S. The van der Waals surface area contributed by atoms with Gasteiger partial charge in [-0.25, -0.2) is 4.98 Å². The average Bonchev–Trinajstić information content (AvgIpc) is 2.61. The van der Waals surface area contributed by atoms with Crippen LogP contribution >= 0.6 is 23.4 Å². The van der Waals surface area contributed by atoms with Crippen molar-refractivity contribution in [2.24, 2.45) is 0 Å². The van der Waals surface area contributed by atoms with Crippen molar-refractivity contribution in [3.8, 4) is 0 Å². The predicted octanol–water partition coefficient (Wildman–Crippen LogP) is 2.62. The molecule has 0 N–H and O–H groups in total. The van der Waals surface area contributed by atoms with E-state index in [1.807, 2.05) is 12.3 Å². The number of halogens is 1. The lowest BCUT2D eigenvalue weighted by Gasteiger charge is -2.04. The van der Waals surface area contributed by atoms with Crippen LogP contribution in [0.4, 0.5) is 0 Å². The quantitative estimate of drug-likeness (QED) is 0.600. The molecule has 0 aliphatic heterocycles. The predicted molar refractivity (Wildman–Crippen MR) is 61.7 cm³/mol. The summed E-state index contributed by atoms with van der Waals surface area (Å²) in [7, 11) is 0. The number of thioether (sulfide) groups is 1. The van der Waals surface area contributed by atoms with Crippen molar-refractivity contribution in [2.45, 2.75) is 24.9 Å². The molecule has 2 aromatic rings. The number of aromatic nitrogens is 4. The maximum Gasteiger partial charge on any atom is 0.254 e. The van der Waals surface area contributed by atoms with Gasteiger partial charge in [0.15, 0.2) is 0 Å². The normalized spacial score (nSPS) is 11.5. The van der Waals surface area contributed by atoms with Crippen LogP contribution in [0, 0.1) is 0 Å². The van der Waals surface area contributed by atoms with Gasteiger partial charge < -0.3 is 0 Å². The molecule has 80 valence electrons. The first-order valence-corrected chi connectivity index (χ1v) is 6.19. The molecule has 15 heavy (non-hydrogen) atoms. The third kappa shape index (κ3) is 1.94. The Morgan fingerprint density at radius 1 is 1.40 bits per heavy atom. The van der Waals surface area contributed by atoms with Gasteiger partial charge >= 0.3 is 0 Å². The molecule has 0 aliphatic rings. The fraction of sp³-hybridized carbons (Fsp3) is 0.444. The van der Waals surface area contributed by atoms with Crippen molar-refractivity contribution in [1.82, 2.24) is 19.6 Å². The molecule has 0 aliphatic carbocycles. The Kier molecular flexibility index (Phi) is 2.84. The SMILES string of the molecule is CSc1nc2nc(C(C)C)cc(Cl)n2n1. The second-order valence-electron chi connectivity index (χ2n) is 3.47. The zero-order valence-electron chi connectivity index (χ0n) is 8.73. The zero-order chi connectivity index (χ0) is 11.0. The van der Waals surface area contributed by atoms with Gasteiger partial charge in [-0.05, 0) is 18.2 Å². The van der Waals surface area contributed by atoms with Gasteiger partial charge in [-0.15, -0.1) is 5.10 Å². The van der Waals surface area contributed by atoms with Gasteiger partial charge in [0.05, 0.1) is 5.69 Å². The molecule has 0 saturated carbocycles. The van der Waals surface area contributed by atoms with Crippen molar-refractivity contribution in [1.29, 1.82) is 0 Å². The molecular weight excluding hydrogens is 232 g/mol. The maximum atomic E-state index is 6.09. The Bertz CT molecular complexity index is 494. The second kappa shape index (κ2) is 3.98. The van der Waals surface area contributed by atoms with Gasteiger partial charge in [0.25, 0.3) is 5.78 Å². The van der Waals surface area contributed by atoms with E-state index in [0.717, 1.165) is 5.69 Å². The first-order chi connectivity index (χ1) is 7.11. The van der Waals surface area contributed by atoms with Crippen LogP contribution < -0.4 is 0 Å². The van der Waals surface area contributed by atoms with Gasteiger partial charge in [-0.3, -0.25) is 0 Å². The Balaban J connectivity index is 2.65. The number of hydrogen-bond donors (Lipinski definition) is 0. The summed E-state index contributed by atoms with van der Waals surface area (Å²) < 4.78 is 1.55. The van der Waals surface area contributed by atoms with E-state index in [0.29, 0.717) is 22.0 Å². The maximum absolute atomic E-state index is 6.09. The van der Waals surface area contributed by atoms with Gasteiger partial charge in [-0.2, -0.15) is 9.50 Å². The Labute approximate surface area is 97.1 Å². The lowest BCUT2D eigenvalue weighted by molar-refractivity contribution is 0.803. The van der Waals surface area contributed by atoms with Crippen LogP contribution in [0.1, 0.15) is 25.5 Å². The summed E-state index contributed by atoms with van der Waals surface area (Å²) in [6.45, 7) is 4.14. The molecule has 2 rings (SSSR count). The summed E-state index contributed by atoms with van der Waals surface area (Å²) in [5, 5.41) is 5.44. The fourth-order valence-corrected chi connectivity index (χ4v) is 1.78. The van der Waals surface area contributed by atoms with Crippen molar-refractivity contribution in [3.63, 3.8) is 0 Å². The molecule has 0 amide bonds. The molecule has 0 radical (unpaired) electrons. The lowest BCUT2D eigenvalue weighted by atomic mass is 10.1. The zero-order valence-corrected chi connectivity index (χ0v) is 10.3. The molecule has 0 bridgehead atoms. The van der Waals surface area contributed by atoms with E-state index in [1.165, 1.54) is 11.8 Å². The third-order valence-corrected chi connectivity index (χ3v) is 2.85. The third-order valence-electron chi connectivity index (χ3n) is 2.04. The first-order valence-electron chi connectivity index (χ1n) is 4.59. The fourth-order valence-electron chi connectivity index (χ4n) is 1.21. The molecule has 2 aromatic heterocycles. The number of hydrogen-bond acceptors (Lipinski definition) is 4. The highest BCUT2D eigenvalue weighted by Gasteiger charge is 2.10. The Morgan fingerprint density at radius 3 is 2.73 bits per heavy atom. The monoisotopic (exact) mass is 242 g/mol. The highest BCUT2D eigenvalue weighted by molar-refractivity contribution is 7.98. The minimum absolute atomic E-state index is 0.335. The van der Waals surface area contributed by atoms with E-state index in [9.17, 15) is 0 Å². The number of rotatable bonds is 2. The van der Waals surface area contributed by atoms with Crippen molar-refractivity contribution in [3.05, 3.63) is 16.9 Å². The smallest absolute Gasteiger partial charge is 0.216 e. The molecule has 0 spiro atoms. The second-order valence-corrected chi connectivity index (χ2v) is 4.63. The van der Waals surface area contributed by atoms with Crippen LogP contribution in [0.25, 0.3) is 5.78 Å². The van der Waals surface area contributed by atoms with Crippen LogP contribution in [0.3, 0.4) is 0 Å². The summed E-state index contributed by atoms with van der Waals surface area (Å²) in [6.07, 6.45) is 1.92. The summed E-state index contributed by atoms with van der Waals surface area (Å²) >= 11 is 7.56. The number of fused-ring (bicyclic) bond motifs is 1. The molecule has 6 heteroatoms. The molecule has 4 nitrogen and oxygen atoms in total. The van der Waals surface area contributed by atoms with E-state index in [2.05, 4.69) is 28.9 Å². The van der Waals surface area contributed by atoms with Crippen LogP contribution in [-0.4, -0.2) is 25.8 Å². The number of nitrogens with zero attached hydrogens (tertiary/aromatic N) is 4. The average molecular weight is 243 g/mol. The highest BCUT2D eigenvalue weighted by Crippen LogP contribution is 2.19. The van der Waals surface area contributed by atoms with Crippen LogP contribution in [0.15, 0.2) is 11.2 Å². The standard InChI is InChI=1S/C9H11ClN4S/c1-5(2)6-4-7(10)14-8(11-6)12-9(13-14)15-3/h4-5H,1-3H3.